The van der Waals surface area contributed by atoms with Crippen molar-refractivity contribution in [3.05, 3.63) is 53.6 Å². The Morgan fingerprint density at radius 3 is 2.67 bits per heavy atom. The maximum absolute atomic E-state index is 11.6. The molecule has 0 aromatic heterocycles. The van der Waals surface area contributed by atoms with E-state index in [-0.39, 0.29) is 16.9 Å². The van der Waals surface area contributed by atoms with Crippen LogP contribution in [0.25, 0.3) is 5.57 Å². The molecular weight excluding hydrogens is 248 g/mol. The maximum Gasteiger partial charge on any atom is 0.229 e. The van der Waals surface area contributed by atoms with Crippen LogP contribution in [0.4, 0.5) is 0 Å². The van der Waals surface area contributed by atoms with Gasteiger partial charge in [-0.2, -0.15) is 0 Å². The predicted octanol–water partition coefficient (Wildman–Crippen LogP) is 3.61. The van der Waals surface area contributed by atoms with E-state index < -0.39 is 0 Å². The van der Waals surface area contributed by atoms with Crippen LogP contribution in [0.1, 0.15) is 29.3 Å². The van der Waals surface area contributed by atoms with Crippen LogP contribution >= 0.6 is 11.6 Å². The molecule has 0 saturated heterocycles. The van der Waals surface area contributed by atoms with E-state index >= 15 is 0 Å². The van der Waals surface area contributed by atoms with Crippen molar-refractivity contribution in [1.82, 2.24) is 0 Å². The number of hydrogen-bond donors (Lipinski definition) is 0. The summed E-state index contributed by atoms with van der Waals surface area (Å²) < 4.78 is 0. The molecule has 1 aliphatic carbocycles. The van der Waals surface area contributed by atoms with Crippen molar-refractivity contribution in [1.29, 1.82) is 0 Å². The first-order valence-electron chi connectivity index (χ1n) is 5.77. The van der Waals surface area contributed by atoms with Gasteiger partial charge in [-0.1, -0.05) is 42.5 Å². The second-order valence-electron chi connectivity index (χ2n) is 4.24. The molecule has 1 aromatic rings. The molecule has 1 aromatic carbocycles. The van der Waals surface area contributed by atoms with Gasteiger partial charge in [-0.3, -0.25) is 9.59 Å². The minimum absolute atomic E-state index is 0.0122. The summed E-state index contributed by atoms with van der Waals surface area (Å²) in [6.45, 7) is 1.52. The molecule has 0 spiro atoms. The molecule has 0 radical (unpaired) electrons. The molecule has 92 valence electrons. The number of benzene rings is 1. The van der Waals surface area contributed by atoms with Gasteiger partial charge in [0.25, 0.3) is 0 Å². The molecule has 0 saturated carbocycles. The average molecular weight is 261 g/mol. The lowest BCUT2D eigenvalue weighted by Gasteiger charge is -2.20. The van der Waals surface area contributed by atoms with Gasteiger partial charge in [0.2, 0.25) is 5.24 Å². The lowest BCUT2D eigenvalue weighted by molar-refractivity contribution is -0.113. The van der Waals surface area contributed by atoms with Crippen LogP contribution in [0.3, 0.4) is 0 Å². The Labute approximate surface area is 111 Å². The molecule has 2 rings (SSSR count). The number of carbonyl (C=O) groups is 2. The van der Waals surface area contributed by atoms with Gasteiger partial charge in [0.05, 0.1) is 5.92 Å². The number of allylic oxidation sites excluding steroid dienone is 4. The fourth-order valence-corrected chi connectivity index (χ4v) is 2.37. The summed E-state index contributed by atoms with van der Waals surface area (Å²) in [6, 6.07) is 7.30. The van der Waals surface area contributed by atoms with Crippen LogP contribution in [0.2, 0.25) is 0 Å². The van der Waals surface area contributed by atoms with Crippen molar-refractivity contribution in [3.63, 3.8) is 0 Å². The minimum atomic E-state index is -0.385. The standard InChI is InChI=1S/C15H13ClO2/c1-10(17)11-6-2-3-7-12(11)13-8-4-5-9-14(13)15(16)18/h2-8,14H,9H2,1H3. The summed E-state index contributed by atoms with van der Waals surface area (Å²) in [5.41, 5.74) is 2.25. The van der Waals surface area contributed by atoms with Crippen molar-refractivity contribution >= 4 is 28.2 Å². The summed E-state index contributed by atoms with van der Waals surface area (Å²) in [7, 11) is 0. The molecule has 18 heavy (non-hydrogen) atoms. The highest BCUT2D eigenvalue weighted by Gasteiger charge is 2.24. The van der Waals surface area contributed by atoms with E-state index in [0.29, 0.717) is 12.0 Å². The van der Waals surface area contributed by atoms with E-state index in [9.17, 15) is 9.59 Å². The Morgan fingerprint density at radius 2 is 2.00 bits per heavy atom. The van der Waals surface area contributed by atoms with E-state index in [1.807, 2.05) is 36.4 Å². The van der Waals surface area contributed by atoms with Gasteiger partial charge in [0.1, 0.15) is 0 Å². The maximum atomic E-state index is 11.6. The topological polar surface area (TPSA) is 34.1 Å². The normalized spacial score (nSPS) is 18.3. The minimum Gasteiger partial charge on any atom is -0.294 e. The monoisotopic (exact) mass is 260 g/mol. The van der Waals surface area contributed by atoms with Crippen LogP contribution in [0.5, 0.6) is 0 Å². The molecule has 0 amide bonds. The molecule has 0 N–H and O–H groups in total. The van der Waals surface area contributed by atoms with Gasteiger partial charge in [0, 0.05) is 5.56 Å². The second kappa shape index (κ2) is 5.32. The van der Waals surface area contributed by atoms with Crippen LogP contribution < -0.4 is 0 Å². The molecule has 0 heterocycles. The zero-order valence-electron chi connectivity index (χ0n) is 10.0. The Morgan fingerprint density at radius 1 is 1.28 bits per heavy atom. The molecule has 0 bridgehead atoms. The SMILES string of the molecule is CC(=O)c1ccccc1C1=CC=CCC1C(=O)Cl. The van der Waals surface area contributed by atoms with Crippen LogP contribution in [-0.4, -0.2) is 11.0 Å². The fraction of sp³-hybridized carbons (Fsp3) is 0.200. The average Bonchev–Trinajstić information content (AvgIpc) is 2.38. The van der Waals surface area contributed by atoms with E-state index in [1.54, 1.807) is 6.07 Å². The van der Waals surface area contributed by atoms with E-state index in [1.165, 1.54) is 6.92 Å². The van der Waals surface area contributed by atoms with Crippen molar-refractivity contribution in [3.8, 4) is 0 Å². The van der Waals surface area contributed by atoms with Gasteiger partial charge >= 0.3 is 0 Å². The zero-order chi connectivity index (χ0) is 13.1. The summed E-state index contributed by atoms with van der Waals surface area (Å²) >= 11 is 5.63. The van der Waals surface area contributed by atoms with Crippen molar-refractivity contribution in [2.75, 3.05) is 0 Å². The summed E-state index contributed by atoms with van der Waals surface area (Å²) in [5.74, 6) is -0.376. The van der Waals surface area contributed by atoms with Crippen LogP contribution in [0.15, 0.2) is 42.5 Å². The largest absolute Gasteiger partial charge is 0.294 e. The van der Waals surface area contributed by atoms with Crippen LogP contribution in [-0.2, 0) is 4.79 Å². The Balaban J connectivity index is 2.53. The molecule has 0 fully saturated rings. The number of hydrogen-bond acceptors (Lipinski definition) is 2. The third-order valence-corrected chi connectivity index (χ3v) is 3.31. The highest BCUT2D eigenvalue weighted by Crippen LogP contribution is 2.33. The van der Waals surface area contributed by atoms with Gasteiger partial charge < -0.3 is 0 Å². The number of Topliss-reactive ketones (excluding diaryl/α,β-unsaturated/α-hetero) is 1. The summed E-state index contributed by atoms with van der Waals surface area (Å²) in [6.07, 6.45) is 6.24. The molecular formula is C15H13ClO2. The van der Waals surface area contributed by atoms with E-state index in [0.717, 1.165) is 11.1 Å². The Kier molecular flexibility index (Phi) is 3.78. The Bertz CT molecular complexity index is 555. The van der Waals surface area contributed by atoms with Gasteiger partial charge in [-0.25, -0.2) is 0 Å². The Hall–Kier alpha value is -1.67. The number of ketones is 1. The molecule has 2 nitrogen and oxygen atoms in total. The molecule has 1 aliphatic rings. The van der Waals surface area contributed by atoms with Gasteiger partial charge in [-0.05, 0) is 36.1 Å². The number of carbonyl (C=O) groups excluding carboxylic acids is 2. The van der Waals surface area contributed by atoms with Gasteiger partial charge in [0.15, 0.2) is 5.78 Å². The molecule has 1 atom stereocenters. The zero-order valence-corrected chi connectivity index (χ0v) is 10.8. The van der Waals surface area contributed by atoms with Gasteiger partial charge in [-0.15, -0.1) is 0 Å². The summed E-state index contributed by atoms with van der Waals surface area (Å²) in [4.78, 5) is 23.1. The van der Waals surface area contributed by atoms with Crippen molar-refractivity contribution < 1.29 is 9.59 Å². The van der Waals surface area contributed by atoms with E-state index in [2.05, 4.69) is 0 Å². The van der Waals surface area contributed by atoms with E-state index in [4.69, 9.17) is 11.6 Å². The fourth-order valence-electron chi connectivity index (χ4n) is 2.16. The lowest BCUT2D eigenvalue weighted by atomic mass is 9.85. The third-order valence-electron chi connectivity index (χ3n) is 3.05. The smallest absolute Gasteiger partial charge is 0.229 e. The summed E-state index contributed by atoms with van der Waals surface area (Å²) in [5, 5.41) is -0.385. The lowest BCUT2D eigenvalue weighted by Crippen LogP contribution is -2.14. The number of halogens is 1. The predicted molar refractivity (Wildman–Crippen MR) is 72.5 cm³/mol. The molecule has 0 aliphatic heterocycles. The highest BCUT2D eigenvalue weighted by atomic mass is 35.5. The van der Waals surface area contributed by atoms with Crippen molar-refractivity contribution in [2.24, 2.45) is 5.92 Å². The second-order valence-corrected chi connectivity index (χ2v) is 4.62. The first-order valence-corrected chi connectivity index (χ1v) is 6.15. The highest BCUT2D eigenvalue weighted by molar-refractivity contribution is 6.64. The molecule has 3 heteroatoms. The van der Waals surface area contributed by atoms with Crippen molar-refractivity contribution in [2.45, 2.75) is 13.3 Å². The first-order chi connectivity index (χ1) is 8.61. The molecule has 1 unspecified atom stereocenters. The quantitative estimate of drug-likeness (QED) is 0.615. The van der Waals surface area contributed by atoms with Crippen LogP contribution in [0, 0.1) is 5.92 Å². The first kappa shape index (κ1) is 12.8. The third kappa shape index (κ3) is 2.44. The number of rotatable bonds is 3.